The van der Waals surface area contributed by atoms with Crippen LogP contribution in [0.15, 0.2) is 40.2 Å². The fraction of sp³-hybridized carbons (Fsp3) is 0.267. The maximum absolute atomic E-state index is 10.9. The van der Waals surface area contributed by atoms with Crippen molar-refractivity contribution in [2.24, 2.45) is 0 Å². The number of halogens is 1. The number of aromatic carboxylic acids is 1. The van der Waals surface area contributed by atoms with Crippen LogP contribution in [0.5, 0.6) is 0 Å². The molecular formula is C15H16BrNO2S. The normalized spacial score (nSPS) is 11.3. The van der Waals surface area contributed by atoms with Crippen LogP contribution >= 0.6 is 27.3 Å². The van der Waals surface area contributed by atoms with Crippen LogP contribution < -0.4 is 5.32 Å². The number of benzene rings is 1. The van der Waals surface area contributed by atoms with Gasteiger partial charge in [-0.3, -0.25) is 0 Å². The van der Waals surface area contributed by atoms with Gasteiger partial charge < -0.3 is 10.4 Å². The number of carboxylic acid groups (broad SMARTS) is 1. The largest absolute Gasteiger partial charge is 0.478 e. The zero-order chi connectivity index (χ0) is 14.8. The van der Waals surface area contributed by atoms with Crippen molar-refractivity contribution in [3.63, 3.8) is 0 Å². The molecule has 0 amide bonds. The summed E-state index contributed by atoms with van der Waals surface area (Å²) in [6.07, 6.45) is 0. The number of carbonyl (C=O) groups is 1. The Morgan fingerprint density at radius 1 is 1.40 bits per heavy atom. The SMILES string of the molecule is CC(C)(CNc1ccc(C(=O)O)cc1Br)c1cccs1. The molecule has 2 aromatic rings. The molecule has 3 nitrogen and oxygen atoms in total. The molecule has 2 rings (SSSR count). The molecule has 0 spiro atoms. The van der Waals surface area contributed by atoms with Gasteiger partial charge in [-0.1, -0.05) is 19.9 Å². The highest BCUT2D eigenvalue weighted by Crippen LogP contribution is 2.30. The number of thiophene rings is 1. The molecule has 1 aromatic heterocycles. The molecule has 0 atom stereocenters. The lowest BCUT2D eigenvalue weighted by atomic mass is 9.91. The molecule has 0 bridgehead atoms. The van der Waals surface area contributed by atoms with Gasteiger partial charge in [0, 0.05) is 27.0 Å². The van der Waals surface area contributed by atoms with E-state index in [1.165, 1.54) is 4.88 Å². The zero-order valence-electron chi connectivity index (χ0n) is 11.3. The summed E-state index contributed by atoms with van der Waals surface area (Å²) in [4.78, 5) is 12.2. The highest BCUT2D eigenvalue weighted by molar-refractivity contribution is 9.10. The Balaban J connectivity index is 2.10. The van der Waals surface area contributed by atoms with Crippen LogP contribution in [0.1, 0.15) is 29.1 Å². The summed E-state index contributed by atoms with van der Waals surface area (Å²) >= 11 is 5.15. The Kier molecular flexibility index (Phi) is 4.50. The van der Waals surface area contributed by atoms with Crippen molar-refractivity contribution in [1.82, 2.24) is 0 Å². The van der Waals surface area contributed by atoms with Gasteiger partial charge in [0.15, 0.2) is 0 Å². The summed E-state index contributed by atoms with van der Waals surface area (Å²) in [5.74, 6) is -0.920. The summed E-state index contributed by atoms with van der Waals surface area (Å²) in [6.45, 7) is 5.15. The van der Waals surface area contributed by atoms with E-state index in [0.717, 1.165) is 16.7 Å². The van der Waals surface area contributed by atoms with E-state index in [1.807, 2.05) is 0 Å². The zero-order valence-corrected chi connectivity index (χ0v) is 13.7. The molecule has 0 aliphatic carbocycles. The van der Waals surface area contributed by atoms with Crippen molar-refractivity contribution in [2.45, 2.75) is 19.3 Å². The minimum atomic E-state index is -0.920. The van der Waals surface area contributed by atoms with Crippen LogP contribution in [0.25, 0.3) is 0 Å². The van der Waals surface area contributed by atoms with Gasteiger partial charge in [-0.05, 0) is 45.6 Å². The van der Waals surface area contributed by atoms with Crippen molar-refractivity contribution < 1.29 is 9.90 Å². The fourth-order valence-electron chi connectivity index (χ4n) is 1.86. The van der Waals surface area contributed by atoms with E-state index >= 15 is 0 Å². The maximum Gasteiger partial charge on any atom is 0.335 e. The summed E-state index contributed by atoms with van der Waals surface area (Å²) in [5.41, 5.74) is 1.21. The molecule has 0 aliphatic heterocycles. The summed E-state index contributed by atoms with van der Waals surface area (Å²) < 4.78 is 0.763. The molecule has 0 saturated carbocycles. The first-order chi connectivity index (χ1) is 9.40. The van der Waals surface area contributed by atoms with Gasteiger partial charge in [0.1, 0.15) is 0 Å². The van der Waals surface area contributed by atoms with E-state index in [1.54, 1.807) is 29.5 Å². The molecule has 20 heavy (non-hydrogen) atoms. The van der Waals surface area contributed by atoms with E-state index < -0.39 is 5.97 Å². The van der Waals surface area contributed by atoms with Gasteiger partial charge in [0.2, 0.25) is 0 Å². The molecule has 5 heteroatoms. The second kappa shape index (κ2) is 5.97. The molecule has 0 aliphatic rings. The van der Waals surface area contributed by atoms with Crippen molar-refractivity contribution >= 4 is 38.9 Å². The number of rotatable bonds is 5. The van der Waals surface area contributed by atoms with Gasteiger partial charge in [0.05, 0.1) is 5.56 Å². The molecule has 1 aromatic carbocycles. The van der Waals surface area contributed by atoms with E-state index in [9.17, 15) is 4.79 Å². The van der Waals surface area contributed by atoms with Gasteiger partial charge in [0.25, 0.3) is 0 Å². The molecule has 106 valence electrons. The Morgan fingerprint density at radius 2 is 2.15 bits per heavy atom. The minimum Gasteiger partial charge on any atom is -0.478 e. The maximum atomic E-state index is 10.9. The topological polar surface area (TPSA) is 49.3 Å². The summed E-state index contributed by atoms with van der Waals surface area (Å²) in [6, 6.07) is 9.20. The van der Waals surface area contributed by atoms with E-state index in [-0.39, 0.29) is 11.0 Å². The Bertz CT molecular complexity index is 608. The molecule has 0 radical (unpaired) electrons. The molecule has 0 fully saturated rings. The van der Waals surface area contributed by atoms with Crippen molar-refractivity contribution in [3.8, 4) is 0 Å². The first kappa shape index (κ1) is 15.1. The smallest absolute Gasteiger partial charge is 0.335 e. The van der Waals surface area contributed by atoms with Gasteiger partial charge in [-0.2, -0.15) is 0 Å². The van der Waals surface area contributed by atoms with E-state index in [0.29, 0.717) is 0 Å². The number of carboxylic acids is 1. The first-order valence-corrected chi connectivity index (χ1v) is 7.88. The third kappa shape index (κ3) is 3.41. The van der Waals surface area contributed by atoms with Crippen LogP contribution in [0.2, 0.25) is 0 Å². The lowest BCUT2D eigenvalue weighted by Crippen LogP contribution is -2.26. The second-order valence-corrected chi connectivity index (χ2v) is 7.02. The number of nitrogens with one attached hydrogen (secondary N) is 1. The van der Waals surface area contributed by atoms with E-state index in [4.69, 9.17) is 5.11 Å². The number of hydrogen-bond acceptors (Lipinski definition) is 3. The van der Waals surface area contributed by atoms with Gasteiger partial charge >= 0.3 is 5.97 Å². The Morgan fingerprint density at radius 3 is 2.70 bits per heavy atom. The number of hydrogen-bond donors (Lipinski definition) is 2. The van der Waals surface area contributed by atoms with Crippen molar-refractivity contribution in [3.05, 3.63) is 50.6 Å². The van der Waals surface area contributed by atoms with Crippen LogP contribution in [0, 0.1) is 0 Å². The van der Waals surface area contributed by atoms with Crippen LogP contribution in [-0.2, 0) is 5.41 Å². The Labute approximate surface area is 130 Å². The summed E-state index contributed by atoms with van der Waals surface area (Å²) in [5, 5.41) is 14.4. The van der Waals surface area contributed by atoms with Crippen LogP contribution in [0.4, 0.5) is 5.69 Å². The van der Waals surface area contributed by atoms with Crippen molar-refractivity contribution in [1.29, 1.82) is 0 Å². The van der Waals surface area contributed by atoms with Crippen molar-refractivity contribution in [2.75, 3.05) is 11.9 Å². The molecule has 0 unspecified atom stereocenters. The summed E-state index contributed by atoms with van der Waals surface area (Å²) in [7, 11) is 0. The third-order valence-corrected chi connectivity index (χ3v) is 5.02. The number of anilines is 1. The standard InChI is InChI=1S/C15H16BrNO2S/c1-15(2,13-4-3-7-20-13)9-17-12-6-5-10(14(18)19)8-11(12)16/h3-8,17H,9H2,1-2H3,(H,18,19). The monoisotopic (exact) mass is 353 g/mol. The second-order valence-electron chi connectivity index (χ2n) is 5.21. The minimum absolute atomic E-state index is 0.0269. The average molecular weight is 354 g/mol. The predicted molar refractivity (Wildman–Crippen MR) is 86.9 cm³/mol. The first-order valence-electron chi connectivity index (χ1n) is 6.21. The average Bonchev–Trinajstić information content (AvgIpc) is 2.91. The quantitative estimate of drug-likeness (QED) is 0.825. The predicted octanol–water partition coefficient (Wildman–Crippen LogP) is 4.60. The Hall–Kier alpha value is -1.33. The highest BCUT2D eigenvalue weighted by Gasteiger charge is 2.21. The molecule has 0 saturated heterocycles. The van der Waals surface area contributed by atoms with Gasteiger partial charge in [-0.15, -0.1) is 11.3 Å². The van der Waals surface area contributed by atoms with Crippen LogP contribution in [-0.4, -0.2) is 17.6 Å². The molecule has 2 N–H and O–H groups in total. The van der Waals surface area contributed by atoms with Gasteiger partial charge in [-0.25, -0.2) is 4.79 Å². The highest BCUT2D eigenvalue weighted by atomic mass is 79.9. The molecular weight excluding hydrogens is 338 g/mol. The van der Waals surface area contributed by atoms with Crippen LogP contribution in [0.3, 0.4) is 0 Å². The van der Waals surface area contributed by atoms with E-state index in [2.05, 4.69) is 52.6 Å². The third-order valence-electron chi connectivity index (χ3n) is 3.13. The lowest BCUT2D eigenvalue weighted by molar-refractivity contribution is 0.0697. The fourth-order valence-corrected chi connectivity index (χ4v) is 3.23. The lowest BCUT2D eigenvalue weighted by Gasteiger charge is -2.24. The molecule has 1 heterocycles.